The maximum atomic E-state index is 12.8. The molecule has 1 aliphatic rings. The number of likely N-dealkylation sites (tertiary alicyclic amines) is 1. The van der Waals surface area contributed by atoms with E-state index in [2.05, 4.69) is 27.4 Å². The number of benzene rings is 1. The largest absolute Gasteiger partial charge is 0.497 e. The molecule has 9 heteroatoms. The van der Waals surface area contributed by atoms with Crippen molar-refractivity contribution >= 4 is 39.9 Å². The van der Waals surface area contributed by atoms with E-state index in [0.29, 0.717) is 6.54 Å². The van der Waals surface area contributed by atoms with Crippen LogP contribution in [0.3, 0.4) is 0 Å². The van der Waals surface area contributed by atoms with Gasteiger partial charge in [0.15, 0.2) is 0 Å². The third-order valence-electron chi connectivity index (χ3n) is 7.12. The van der Waals surface area contributed by atoms with Gasteiger partial charge in [-0.2, -0.15) is 0 Å². The summed E-state index contributed by atoms with van der Waals surface area (Å²) in [5, 5.41) is 12.7. The van der Waals surface area contributed by atoms with Crippen molar-refractivity contribution in [3.63, 3.8) is 0 Å². The van der Waals surface area contributed by atoms with Crippen molar-refractivity contribution in [2.45, 2.75) is 42.9 Å². The second-order valence-corrected chi connectivity index (χ2v) is 11.4. The number of carbonyl (C=O) groups excluding carboxylic acids is 1. The second kappa shape index (κ2) is 12.2. The molecule has 3 aromatic rings. The Morgan fingerprint density at radius 1 is 1.34 bits per heavy atom. The fourth-order valence-corrected chi connectivity index (χ4v) is 6.87. The highest BCUT2D eigenvalue weighted by Crippen LogP contribution is 2.38. The van der Waals surface area contributed by atoms with Gasteiger partial charge in [-0.05, 0) is 86.0 Å². The lowest BCUT2D eigenvalue weighted by molar-refractivity contribution is -0.143. The number of thioether (sulfide) groups is 1. The number of carbonyl (C=O) groups is 1. The van der Waals surface area contributed by atoms with E-state index in [0.717, 1.165) is 79.7 Å². The van der Waals surface area contributed by atoms with Gasteiger partial charge in [-0.15, -0.1) is 23.1 Å². The van der Waals surface area contributed by atoms with Crippen LogP contribution in [0.2, 0.25) is 0 Å². The van der Waals surface area contributed by atoms with Gasteiger partial charge in [-0.1, -0.05) is 6.07 Å². The average molecular weight is 515 g/mol. The van der Waals surface area contributed by atoms with Crippen LogP contribution in [-0.4, -0.2) is 53.5 Å². The van der Waals surface area contributed by atoms with Gasteiger partial charge >= 0.3 is 0 Å². The lowest BCUT2D eigenvalue weighted by Gasteiger charge is -2.40. The Bertz CT molecular complexity index is 1110. The Kier molecular flexibility index (Phi) is 9.02. The molecule has 3 heterocycles. The molecule has 0 saturated carbocycles. The Morgan fingerprint density at radius 2 is 2.17 bits per heavy atom. The Labute approximate surface area is 215 Å². The number of hydroxylamine groups is 1. The van der Waals surface area contributed by atoms with Crippen LogP contribution in [0.5, 0.6) is 5.75 Å². The van der Waals surface area contributed by atoms with Gasteiger partial charge in [0.2, 0.25) is 5.91 Å². The van der Waals surface area contributed by atoms with Crippen molar-refractivity contribution in [1.82, 2.24) is 15.4 Å². The summed E-state index contributed by atoms with van der Waals surface area (Å²) in [7, 11) is 1.66. The van der Waals surface area contributed by atoms with Gasteiger partial charge in [-0.25, -0.2) is 5.48 Å². The van der Waals surface area contributed by atoms with Gasteiger partial charge in [0.05, 0.1) is 22.3 Å². The van der Waals surface area contributed by atoms with Crippen LogP contribution in [0.4, 0.5) is 0 Å². The van der Waals surface area contributed by atoms with E-state index in [1.54, 1.807) is 18.4 Å². The lowest BCUT2D eigenvalue weighted by atomic mass is 9.73. The molecule has 0 atom stereocenters. The summed E-state index contributed by atoms with van der Waals surface area (Å²) in [6.07, 6.45) is 5.68. The fraction of sp³-hybridized carbons (Fsp3) is 0.462. The Hall–Kier alpha value is -2.17. The SMILES string of the molecule is COc1ccc2ncc(CN)c(CCCC3(C(=O)NO)CCN(CCSc4cccs4)CC3)c2c1. The van der Waals surface area contributed by atoms with Crippen LogP contribution in [-0.2, 0) is 17.8 Å². The molecule has 0 aliphatic carbocycles. The van der Waals surface area contributed by atoms with Crippen LogP contribution in [0.25, 0.3) is 10.9 Å². The first-order valence-corrected chi connectivity index (χ1v) is 13.9. The summed E-state index contributed by atoms with van der Waals surface area (Å²) in [6.45, 7) is 3.14. The van der Waals surface area contributed by atoms with Crippen LogP contribution in [0, 0.1) is 5.41 Å². The minimum Gasteiger partial charge on any atom is -0.497 e. The van der Waals surface area contributed by atoms with Gasteiger partial charge in [0.1, 0.15) is 5.75 Å². The van der Waals surface area contributed by atoms with E-state index in [-0.39, 0.29) is 5.91 Å². The number of hydrogen-bond acceptors (Lipinski definition) is 8. The van der Waals surface area contributed by atoms with Gasteiger partial charge < -0.3 is 15.4 Å². The van der Waals surface area contributed by atoms with Crippen molar-refractivity contribution in [2.75, 3.05) is 32.5 Å². The highest BCUT2D eigenvalue weighted by molar-refractivity contribution is 8.01. The maximum absolute atomic E-state index is 12.8. The van der Waals surface area contributed by atoms with E-state index < -0.39 is 5.41 Å². The second-order valence-electron chi connectivity index (χ2n) is 9.05. The van der Waals surface area contributed by atoms with Crippen molar-refractivity contribution in [1.29, 1.82) is 0 Å². The number of nitrogens with one attached hydrogen (secondary N) is 1. The average Bonchev–Trinajstić information content (AvgIpc) is 3.42. The van der Waals surface area contributed by atoms with Crippen molar-refractivity contribution < 1.29 is 14.7 Å². The maximum Gasteiger partial charge on any atom is 0.249 e. The molecule has 35 heavy (non-hydrogen) atoms. The zero-order chi connectivity index (χ0) is 24.7. The number of thiophene rings is 1. The molecule has 7 nitrogen and oxygen atoms in total. The number of amides is 1. The predicted molar refractivity (Wildman–Crippen MR) is 142 cm³/mol. The monoisotopic (exact) mass is 514 g/mol. The number of aryl methyl sites for hydroxylation is 1. The minimum absolute atomic E-state index is 0.259. The van der Waals surface area contributed by atoms with Crippen molar-refractivity contribution in [2.24, 2.45) is 11.1 Å². The third-order valence-corrected chi connectivity index (χ3v) is 9.23. The number of aromatic nitrogens is 1. The number of pyridine rings is 1. The number of methoxy groups -OCH3 is 1. The molecule has 0 unspecified atom stereocenters. The molecule has 4 rings (SSSR count). The zero-order valence-corrected chi connectivity index (χ0v) is 21.8. The molecule has 0 bridgehead atoms. The van der Waals surface area contributed by atoms with Crippen molar-refractivity contribution in [3.8, 4) is 5.75 Å². The first-order valence-electron chi connectivity index (χ1n) is 12.1. The number of piperidine rings is 1. The quantitative estimate of drug-likeness (QED) is 0.197. The molecule has 1 aromatic carbocycles. The molecule has 1 fully saturated rings. The third kappa shape index (κ3) is 6.16. The number of fused-ring (bicyclic) bond motifs is 1. The normalized spacial score (nSPS) is 15.9. The van der Waals surface area contributed by atoms with Crippen molar-refractivity contribution in [3.05, 3.63) is 53.0 Å². The summed E-state index contributed by atoms with van der Waals surface area (Å²) in [5.41, 5.74) is 10.5. The van der Waals surface area contributed by atoms with Crippen LogP contribution in [0.1, 0.15) is 36.8 Å². The summed E-state index contributed by atoms with van der Waals surface area (Å²) in [6, 6.07) is 10.1. The fourth-order valence-electron chi connectivity index (χ4n) is 5.00. The summed E-state index contributed by atoms with van der Waals surface area (Å²) >= 11 is 3.66. The number of nitrogens with two attached hydrogens (primary N) is 1. The molecule has 188 valence electrons. The molecule has 1 aliphatic heterocycles. The van der Waals surface area contributed by atoms with Gasteiger partial charge in [0.25, 0.3) is 0 Å². The predicted octanol–water partition coefficient (Wildman–Crippen LogP) is 4.47. The van der Waals surface area contributed by atoms with E-state index in [1.165, 1.54) is 9.77 Å². The zero-order valence-electron chi connectivity index (χ0n) is 20.2. The van der Waals surface area contributed by atoms with Crippen LogP contribution < -0.4 is 16.0 Å². The summed E-state index contributed by atoms with van der Waals surface area (Å²) in [4.78, 5) is 19.8. The molecule has 0 radical (unpaired) electrons. The minimum atomic E-state index is -0.546. The van der Waals surface area contributed by atoms with E-state index >= 15 is 0 Å². The van der Waals surface area contributed by atoms with E-state index in [4.69, 9.17) is 10.5 Å². The Morgan fingerprint density at radius 3 is 2.86 bits per heavy atom. The highest BCUT2D eigenvalue weighted by Gasteiger charge is 2.40. The molecule has 2 aromatic heterocycles. The molecule has 1 saturated heterocycles. The molecule has 1 amide bonds. The number of nitrogens with zero attached hydrogens (tertiary/aromatic N) is 2. The topological polar surface area (TPSA) is 101 Å². The number of hydrogen-bond donors (Lipinski definition) is 3. The number of ether oxygens (including phenoxy) is 1. The first kappa shape index (κ1) is 25.9. The molecule has 4 N–H and O–H groups in total. The van der Waals surface area contributed by atoms with Crippen LogP contribution in [0.15, 0.2) is 46.1 Å². The highest BCUT2D eigenvalue weighted by atomic mass is 32.2. The van der Waals surface area contributed by atoms with Crippen LogP contribution >= 0.6 is 23.1 Å². The van der Waals surface area contributed by atoms with Gasteiger partial charge in [0, 0.05) is 30.4 Å². The summed E-state index contributed by atoms with van der Waals surface area (Å²) < 4.78 is 6.77. The Balaban J connectivity index is 1.39. The molecular weight excluding hydrogens is 480 g/mol. The smallest absolute Gasteiger partial charge is 0.249 e. The van der Waals surface area contributed by atoms with E-state index in [9.17, 15) is 10.0 Å². The number of rotatable bonds is 11. The van der Waals surface area contributed by atoms with E-state index in [1.807, 2.05) is 41.6 Å². The standard InChI is InChI=1S/C26H34N4O3S2/c1-33-20-6-7-23-22(16-20)21(19(17-27)18-28-23)4-2-8-26(25(31)29-32)9-11-30(12-10-26)13-15-35-24-5-3-14-34-24/h3,5-7,14,16,18,32H,2,4,8-13,15,17,27H2,1H3,(H,29,31). The summed E-state index contributed by atoms with van der Waals surface area (Å²) in [5.74, 6) is 1.57. The lowest BCUT2D eigenvalue weighted by Crippen LogP contribution is -2.48. The van der Waals surface area contributed by atoms with Gasteiger partial charge in [-0.3, -0.25) is 15.0 Å². The first-order chi connectivity index (χ1) is 17.1. The molecular formula is C26H34N4O3S2. The molecule has 0 spiro atoms.